The summed E-state index contributed by atoms with van der Waals surface area (Å²) in [5.41, 5.74) is 3.70. The number of carbonyl (C=O) groups excluding carboxylic acids is 2. The summed E-state index contributed by atoms with van der Waals surface area (Å²) < 4.78 is 1.65. The lowest BCUT2D eigenvalue weighted by Crippen LogP contribution is -2.32. The highest BCUT2D eigenvalue weighted by molar-refractivity contribution is 8.01. The average molecular weight is 488 g/mol. The Hall–Kier alpha value is -3.06. The van der Waals surface area contributed by atoms with Crippen LogP contribution in [0.2, 0.25) is 0 Å². The second kappa shape index (κ2) is 8.01. The van der Waals surface area contributed by atoms with E-state index in [1.165, 1.54) is 28.0 Å². The average Bonchev–Trinajstić information content (AvgIpc) is 3.56. The van der Waals surface area contributed by atoms with E-state index in [-0.39, 0.29) is 35.5 Å². The number of carbonyl (C=O) groups is 2. The molecule has 1 saturated carbocycles. The fourth-order valence-corrected chi connectivity index (χ4v) is 7.73. The summed E-state index contributed by atoms with van der Waals surface area (Å²) in [6, 6.07) is 9.75. The number of aryl methyl sites for hydroxylation is 1. The Bertz CT molecular complexity index is 1410. The monoisotopic (exact) mass is 487 g/mol. The fourth-order valence-electron chi connectivity index (χ4n) is 5.55. The van der Waals surface area contributed by atoms with Gasteiger partial charge in [0.05, 0.1) is 33.3 Å². The minimum absolute atomic E-state index is 0.0787. The first-order valence-electron chi connectivity index (χ1n) is 11.2. The molecule has 2 amide bonds. The van der Waals surface area contributed by atoms with E-state index in [1.807, 2.05) is 32.2 Å². The van der Waals surface area contributed by atoms with Crippen LogP contribution in [0.15, 0.2) is 45.8 Å². The number of fused-ring (bicyclic) bond motifs is 6. The topological polar surface area (TPSA) is 99.0 Å². The highest BCUT2D eigenvalue weighted by Gasteiger charge is 2.59. The van der Waals surface area contributed by atoms with Crippen LogP contribution in [0.5, 0.6) is 0 Å². The van der Waals surface area contributed by atoms with Crippen molar-refractivity contribution in [3.63, 3.8) is 0 Å². The molecular weight excluding hydrogens is 466 g/mol. The van der Waals surface area contributed by atoms with Gasteiger partial charge < -0.3 is 5.32 Å². The van der Waals surface area contributed by atoms with Gasteiger partial charge in [-0.05, 0) is 73.8 Å². The van der Waals surface area contributed by atoms with Crippen molar-refractivity contribution in [2.75, 3.05) is 11.9 Å². The van der Waals surface area contributed by atoms with E-state index in [9.17, 15) is 14.9 Å². The summed E-state index contributed by atoms with van der Waals surface area (Å²) >= 11 is 2.84. The van der Waals surface area contributed by atoms with E-state index in [2.05, 4.69) is 28.5 Å². The van der Waals surface area contributed by atoms with Crippen molar-refractivity contribution >= 4 is 50.8 Å². The van der Waals surface area contributed by atoms with Crippen molar-refractivity contribution in [2.45, 2.75) is 29.3 Å². The quantitative estimate of drug-likeness (QED) is 0.428. The molecule has 3 heterocycles. The summed E-state index contributed by atoms with van der Waals surface area (Å²) in [7, 11) is 1.85. The number of hydrogen-bond acceptors (Lipinski definition) is 8. The number of nitriles is 1. The Morgan fingerprint density at radius 2 is 1.91 bits per heavy atom. The van der Waals surface area contributed by atoms with Crippen LogP contribution in [-0.4, -0.2) is 28.8 Å². The largest absolute Gasteiger partial charge is 0.316 e. The highest BCUT2D eigenvalue weighted by Crippen LogP contribution is 2.53. The van der Waals surface area contributed by atoms with E-state index in [0.717, 1.165) is 32.2 Å². The first-order chi connectivity index (χ1) is 16.5. The molecule has 1 N–H and O–H groups in total. The van der Waals surface area contributed by atoms with Crippen LogP contribution in [0.1, 0.15) is 23.2 Å². The SMILES string of the molecule is CNCc1cc(C)nc(Sc2nc3ccc(N4C(=O)[C@@H]5[C@@H](C4=O)[C@H]4C=C[C@H]5C4)cc3s2)c1C#N. The van der Waals surface area contributed by atoms with Crippen LogP contribution < -0.4 is 10.2 Å². The van der Waals surface area contributed by atoms with E-state index in [1.54, 1.807) is 6.07 Å². The highest BCUT2D eigenvalue weighted by atomic mass is 32.2. The van der Waals surface area contributed by atoms with E-state index in [0.29, 0.717) is 22.8 Å². The lowest BCUT2D eigenvalue weighted by atomic mass is 9.85. The number of nitrogens with zero attached hydrogens (tertiary/aromatic N) is 4. The van der Waals surface area contributed by atoms with Gasteiger partial charge in [-0.15, -0.1) is 11.3 Å². The van der Waals surface area contributed by atoms with Gasteiger partial charge in [-0.2, -0.15) is 5.26 Å². The predicted molar refractivity (Wildman–Crippen MR) is 130 cm³/mol. The maximum atomic E-state index is 13.2. The molecule has 1 saturated heterocycles. The van der Waals surface area contributed by atoms with Gasteiger partial charge in [-0.25, -0.2) is 14.9 Å². The molecular formula is C25H21N5O2S2. The number of rotatable bonds is 5. The number of nitrogens with one attached hydrogen (secondary N) is 1. The molecule has 2 aromatic heterocycles. The Kier molecular flexibility index (Phi) is 5.06. The molecule has 2 aliphatic carbocycles. The second-order valence-corrected chi connectivity index (χ2v) is 11.3. The zero-order valence-electron chi connectivity index (χ0n) is 18.6. The molecule has 0 spiro atoms. The number of pyridine rings is 1. The number of imide groups is 1. The van der Waals surface area contributed by atoms with Gasteiger partial charge in [0, 0.05) is 12.2 Å². The molecule has 3 aliphatic rings. The number of benzene rings is 1. The Morgan fingerprint density at radius 3 is 2.59 bits per heavy atom. The zero-order valence-corrected chi connectivity index (χ0v) is 20.2. The van der Waals surface area contributed by atoms with Crippen molar-refractivity contribution in [3.05, 3.63) is 53.2 Å². The van der Waals surface area contributed by atoms with Crippen LogP contribution >= 0.6 is 23.1 Å². The standard InChI is InChI=1S/C25H21N5O2S2/c1-12-7-15(11-27-2)17(10-26)22(28-12)34-25-29-18-6-5-16(9-19(18)33-25)30-23(31)20-13-3-4-14(8-13)21(20)24(30)32/h3-7,9,13-14,20-21,27H,8,11H2,1-2H3/t13-,14-,20-,21-/m0/s1. The number of amides is 2. The van der Waals surface area contributed by atoms with E-state index < -0.39 is 0 Å². The van der Waals surface area contributed by atoms with Gasteiger partial charge in [0.15, 0.2) is 4.34 Å². The fraction of sp³-hybridized carbons (Fsp3) is 0.320. The first-order valence-corrected chi connectivity index (χ1v) is 12.8. The molecule has 0 unspecified atom stereocenters. The summed E-state index contributed by atoms with van der Waals surface area (Å²) in [6.07, 6.45) is 5.13. The molecule has 7 nitrogen and oxygen atoms in total. The lowest BCUT2D eigenvalue weighted by Gasteiger charge is -2.17. The predicted octanol–water partition coefficient (Wildman–Crippen LogP) is 4.05. The van der Waals surface area contributed by atoms with Gasteiger partial charge in [0.25, 0.3) is 0 Å². The molecule has 4 atom stereocenters. The van der Waals surface area contributed by atoms with Crippen molar-refractivity contribution in [1.82, 2.24) is 15.3 Å². The van der Waals surface area contributed by atoms with Crippen molar-refractivity contribution in [3.8, 4) is 6.07 Å². The Labute approximate surface area is 204 Å². The van der Waals surface area contributed by atoms with Crippen LogP contribution in [0.25, 0.3) is 10.2 Å². The number of anilines is 1. The molecule has 34 heavy (non-hydrogen) atoms. The summed E-state index contributed by atoms with van der Waals surface area (Å²) in [5, 5.41) is 13.5. The summed E-state index contributed by atoms with van der Waals surface area (Å²) in [4.78, 5) is 37.0. The molecule has 170 valence electrons. The zero-order chi connectivity index (χ0) is 23.6. The minimum atomic E-state index is -0.214. The van der Waals surface area contributed by atoms with Crippen molar-refractivity contribution < 1.29 is 9.59 Å². The van der Waals surface area contributed by atoms with E-state index >= 15 is 0 Å². The molecule has 1 aliphatic heterocycles. The second-order valence-electron chi connectivity index (χ2n) is 8.99. The van der Waals surface area contributed by atoms with Gasteiger partial charge in [-0.1, -0.05) is 12.2 Å². The molecule has 9 heteroatoms. The van der Waals surface area contributed by atoms with Gasteiger partial charge >= 0.3 is 0 Å². The van der Waals surface area contributed by atoms with Crippen LogP contribution in [0.4, 0.5) is 5.69 Å². The van der Waals surface area contributed by atoms with Gasteiger partial charge in [0.2, 0.25) is 11.8 Å². The molecule has 2 fully saturated rings. The number of aromatic nitrogens is 2. The molecule has 0 radical (unpaired) electrons. The van der Waals surface area contributed by atoms with Crippen LogP contribution in [-0.2, 0) is 16.1 Å². The number of thiazole rings is 1. The van der Waals surface area contributed by atoms with Crippen molar-refractivity contribution in [2.24, 2.45) is 23.7 Å². The van der Waals surface area contributed by atoms with Crippen LogP contribution in [0, 0.1) is 41.9 Å². The third-order valence-corrected chi connectivity index (χ3v) is 9.01. The third-order valence-electron chi connectivity index (χ3n) is 6.94. The maximum absolute atomic E-state index is 13.2. The van der Waals surface area contributed by atoms with Gasteiger partial charge in [-0.3, -0.25) is 9.59 Å². The Morgan fingerprint density at radius 1 is 1.18 bits per heavy atom. The maximum Gasteiger partial charge on any atom is 0.238 e. The van der Waals surface area contributed by atoms with Crippen LogP contribution in [0.3, 0.4) is 0 Å². The lowest BCUT2D eigenvalue weighted by molar-refractivity contribution is -0.123. The van der Waals surface area contributed by atoms with Crippen molar-refractivity contribution in [1.29, 1.82) is 5.26 Å². The molecule has 3 aromatic rings. The normalized spacial score (nSPS) is 24.9. The molecule has 6 rings (SSSR count). The van der Waals surface area contributed by atoms with E-state index in [4.69, 9.17) is 4.98 Å². The first kappa shape index (κ1) is 21.5. The number of allylic oxidation sites excluding steroid dienone is 2. The molecule has 2 bridgehead atoms. The molecule has 1 aromatic carbocycles. The summed E-state index contributed by atoms with van der Waals surface area (Å²) in [6.45, 7) is 2.50. The Balaban J connectivity index is 1.32. The van der Waals surface area contributed by atoms with Gasteiger partial charge in [0.1, 0.15) is 11.1 Å². The number of hydrogen-bond donors (Lipinski definition) is 1. The smallest absolute Gasteiger partial charge is 0.238 e. The summed E-state index contributed by atoms with van der Waals surface area (Å²) in [5.74, 6) is -0.204. The third kappa shape index (κ3) is 3.21. The minimum Gasteiger partial charge on any atom is -0.316 e.